The molecule has 9 aromatic carbocycles. The molecule has 0 saturated carbocycles. The van der Waals surface area contributed by atoms with Crippen molar-refractivity contribution in [2.45, 2.75) is 209 Å². The predicted molar refractivity (Wildman–Crippen MR) is 426 cm³/mol. The van der Waals surface area contributed by atoms with Crippen molar-refractivity contribution in [2.24, 2.45) is 0 Å². The third-order valence-corrected chi connectivity index (χ3v) is 21.3. The van der Waals surface area contributed by atoms with E-state index in [2.05, 4.69) is 326 Å². The number of nitrogens with zero attached hydrogens (tertiary/aromatic N) is 4. The summed E-state index contributed by atoms with van der Waals surface area (Å²) < 4.78 is 59.4. The van der Waals surface area contributed by atoms with Gasteiger partial charge in [-0.1, -0.05) is 263 Å². The average Bonchev–Trinajstić information content (AvgIpc) is 1.57. The van der Waals surface area contributed by atoms with Crippen molar-refractivity contribution in [3.8, 4) is 50.7 Å². The minimum Gasteiger partial charge on any atom is -0.457 e. The molecule has 504 valence electrons. The summed E-state index contributed by atoms with van der Waals surface area (Å²) in [7, 11) is 0. The zero-order valence-electron chi connectivity index (χ0n) is 67.7. The normalized spacial score (nSPS) is 14.6. The third kappa shape index (κ3) is 12.4. The fourth-order valence-electron chi connectivity index (χ4n) is 14.6. The number of hydrogen-bond acceptors (Lipinski definition) is 5. The summed E-state index contributed by atoms with van der Waals surface area (Å²) in [6.45, 7) is 54.9. The first-order valence-electron chi connectivity index (χ1n) is 37.7. The summed E-state index contributed by atoms with van der Waals surface area (Å²) in [6.07, 6.45) is 1.95. The van der Waals surface area contributed by atoms with E-state index >= 15 is 0 Å². The summed E-state index contributed by atoms with van der Waals surface area (Å²) in [5, 5.41) is 4.92. The SMILES string of the molecule is [2H]c1c([2H])c([2H])c(-c2cc(C(C)(C)C)cc(-c3cc(C(C)(C)C)cc(C(C)(C)C)c3)c2N2CN(c3cc(Oc4ccc5c6c7sc8c(C(C)(C)C)ccc(C(C)(C)C)c8c7ccc6n(-c6cc(C(C)(C)C)ccn6)c5c4)cc(-c4c(C(C)(C)C)cccc4C(C)(C)C)c3)c3ccccc32)c([2H])c1[2H]. The largest absolute Gasteiger partial charge is 0.457 e. The molecule has 5 nitrogen and oxygen atoms in total. The van der Waals surface area contributed by atoms with Gasteiger partial charge in [0, 0.05) is 66.1 Å². The number of fused-ring (bicyclic) bond motifs is 8. The van der Waals surface area contributed by atoms with E-state index in [4.69, 9.17) is 11.1 Å². The molecular weight excluding hydrogens is 1210 g/mol. The molecule has 3 aromatic heterocycles. The first-order chi connectivity index (χ1) is 47.7. The number of thiophene rings is 1. The van der Waals surface area contributed by atoms with E-state index in [0.29, 0.717) is 23.7 Å². The van der Waals surface area contributed by atoms with Crippen LogP contribution in [0, 0.1) is 0 Å². The van der Waals surface area contributed by atoms with Gasteiger partial charge in [0.2, 0.25) is 0 Å². The van der Waals surface area contributed by atoms with E-state index in [0.717, 1.165) is 72.8 Å². The molecule has 0 unspecified atom stereocenters. The molecule has 0 aliphatic carbocycles. The number of aromatic nitrogens is 2. The summed E-state index contributed by atoms with van der Waals surface area (Å²) in [4.78, 5) is 9.89. The topological polar surface area (TPSA) is 33.5 Å². The Morgan fingerprint density at radius 1 is 0.398 bits per heavy atom. The van der Waals surface area contributed by atoms with Crippen molar-refractivity contribution in [1.29, 1.82) is 0 Å². The summed E-state index contributed by atoms with van der Waals surface area (Å²) >= 11 is 1.92. The second-order valence-corrected chi connectivity index (χ2v) is 37.0. The monoisotopic (exact) mass is 1320 g/mol. The molecule has 0 fully saturated rings. The smallest absolute Gasteiger partial charge is 0.137 e. The number of rotatable bonds is 8. The van der Waals surface area contributed by atoms with Gasteiger partial charge in [0.25, 0.3) is 0 Å². The zero-order valence-corrected chi connectivity index (χ0v) is 63.6. The Morgan fingerprint density at radius 2 is 0.949 bits per heavy atom. The predicted octanol–water partition coefficient (Wildman–Crippen LogP) is 27.0. The minimum atomic E-state index is -0.429. The molecule has 0 bridgehead atoms. The van der Waals surface area contributed by atoms with Crippen LogP contribution in [-0.2, 0) is 43.3 Å². The first kappa shape index (κ1) is 61.8. The van der Waals surface area contributed by atoms with Crippen LogP contribution in [0.15, 0.2) is 182 Å². The van der Waals surface area contributed by atoms with Crippen LogP contribution < -0.4 is 14.5 Å². The van der Waals surface area contributed by atoms with E-state index in [9.17, 15) is 5.48 Å². The molecule has 0 saturated heterocycles. The van der Waals surface area contributed by atoms with Crippen molar-refractivity contribution >= 4 is 76.1 Å². The van der Waals surface area contributed by atoms with Gasteiger partial charge < -0.3 is 14.5 Å². The van der Waals surface area contributed by atoms with Crippen molar-refractivity contribution in [2.75, 3.05) is 16.5 Å². The van der Waals surface area contributed by atoms with E-state index in [-0.39, 0.29) is 67.6 Å². The lowest BCUT2D eigenvalue weighted by molar-refractivity contribution is 0.483. The number of hydrogen-bond donors (Lipinski definition) is 0. The second-order valence-electron chi connectivity index (χ2n) is 36.0. The Balaban J connectivity index is 1.08. The van der Waals surface area contributed by atoms with Gasteiger partial charge in [0.05, 0.1) is 34.9 Å². The lowest BCUT2D eigenvalue weighted by atomic mass is 9.74. The minimum absolute atomic E-state index is 0.0805. The van der Waals surface area contributed by atoms with Gasteiger partial charge >= 0.3 is 0 Å². The van der Waals surface area contributed by atoms with Gasteiger partial charge in [0.1, 0.15) is 24.0 Å². The maximum absolute atomic E-state index is 9.78. The summed E-state index contributed by atoms with van der Waals surface area (Å²) in [5.41, 5.74) is 18.3. The first-order valence-corrected chi connectivity index (χ1v) is 36.0. The summed E-state index contributed by atoms with van der Waals surface area (Å²) in [6, 6.07) is 52.1. The number of anilines is 4. The van der Waals surface area contributed by atoms with Crippen molar-refractivity contribution in [1.82, 2.24) is 9.55 Å². The van der Waals surface area contributed by atoms with Crippen LogP contribution in [0.25, 0.3) is 81.2 Å². The second kappa shape index (κ2) is 23.6. The Morgan fingerprint density at radius 3 is 1.53 bits per heavy atom. The fraction of sp³-hybridized carbons (Fsp3) is 0.359. The van der Waals surface area contributed by atoms with Gasteiger partial charge in [-0.3, -0.25) is 4.57 Å². The zero-order chi connectivity index (χ0) is 74.9. The Kier molecular flexibility index (Phi) is 14.9. The Hall–Kier alpha value is -8.45. The van der Waals surface area contributed by atoms with E-state index in [1.807, 2.05) is 17.5 Å². The number of benzene rings is 9. The average molecular weight is 1320 g/mol. The maximum Gasteiger partial charge on any atom is 0.137 e. The Bertz CT molecular complexity index is 5350. The molecule has 1 aliphatic rings. The van der Waals surface area contributed by atoms with Gasteiger partial charge in [-0.2, -0.15) is 0 Å². The molecule has 98 heavy (non-hydrogen) atoms. The molecule has 1 aliphatic heterocycles. The maximum atomic E-state index is 9.78. The molecule has 13 rings (SSSR count). The van der Waals surface area contributed by atoms with E-state index in [1.54, 1.807) is 0 Å². The third-order valence-electron chi connectivity index (χ3n) is 20.1. The molecule has 0 radical (unpaired) electrons. The summed E-state index contributed by atoms with van der Waals surface area (Å²) in [5.74, 6) is 2.17. The van der Waals surface area contributed by atoms with Crippen LogP contribution >= 0.6 is 11.3 Å². The Labute approximate surface area is 597 Å². The van der Waals surface area contributed by atoms with Crippen molar-refractivity contribution in [3.05, 3.63) is 227 Å². The van der Waals surface area contributed by atoms with E-state index < -0.39 is 11.5 Å². The molecule has 4 heterocycles. The highest BCUT2D eigenvalue weighted by Gasteiger charge is 2.36. The molecule has 0 amide bonds. The van der Waals surface area contributed by atoms with Crippen LogP contribution in [0.5, 0.6) is 11.5 Å². The van der Waals surface area contributed by atoms with Crippen LogP contribution in [0.2, 0.25) is 0 Å². The number of ether oxygens (including phenoxy) is 1. The number of pyridine rings is 1. The molecule has 6 heteroatoms. The lowest BCUT2D eigenvalue weighted by Crippen LogP contribution is -2.25. The van der Waals surface area contributed by atoms with Crippen molar-refractivity contribution < 1.29 is 11.6 Å². The molecule has 0 atom stereocenters. The molecule has 0 spiro atoms. The molecule has 0 N–H and O–H groups in total. The quantitative estimate of drug-likeness (QED) is 0.152. The highest BCUT2D eigenvalue weighted by atomic mass is 32.1. The van der Waals surface area contributed by atoms with Crippen LogP contribution in [0.3, 0.4) is 0 Å². The van der Waals surface area contributed by atoms with Crippen LogP contribution in [0.1, 0.15) is 218 Å². The van der Waals surface area contributed by atoms with Gasteiger partial charge in [-0.15, -0.1) is 11.3 Å². The van der Waals surface area contributed by atoms with Gasteiger partial charge in [0.15, 0.2) is 0 Å². The fourth-order valence-corrected chi connectivity index (χ4v) is 16.2. The van der Waals surface area contributed by atoms with E-state index in [1.165, 1.54) is 64.5 Å². The standard InChI is InChI=1S/C92H104N4OS/c1-85(2,3)59-43-44-93-78(52-59)96-76-42-39-67-80-72(91(19,20)21)40-41-73(92(22,23)24)84(80)98-83(67)81(76)66-38-37-64(54-77(66)96)97-65-48-58(79-70(89(13,14)15)33-30-34-71(79)90(16,17)18)47-63(53-65)94-55-95(75-36-29-28-35-74(75)94)82-68(56-31-26-25-27-32-56)50-62(88(10,11)12)51-69(82)57-45-60(86(4,5)6)49-61(46-57)87(7,8)9/h25-54H,55H2,1-24H3/i25D,26D,27D,31D,32D. The molecule has 12 aromatic rings. The highest BCUT2D eigenvalue weighted by Crippen LogP contribution is 2.55. The van der Waals surface area contributed by atoms with Crippen LogP contribution in [-0.4, -0.2) is 16.2 Å². The van der Waals surface area contributed by atoms with Crippen molar-refractivity contribution in [3.63, 3.8) is 0 Å². The van der Waals surface area contributed by atoms with Gasteiger partial charge in [-0.05, 0) is 177 Å². The highest BCUT2D eigenvalue weighted by molar-refractivity contribution is 7.27. The molecular formula is C92H104N4OS. The number of para-hydroxylation sites is 2. The van der Waals surface area contributed by atoms with Crippen LogP contribution in [0.4, 0.5) is 22.7 Å². The lowest BCUT2D eigenvalue weighted by Gasteiger charge is -2.32. The van der Waals surface area contributed by atoms with Gasteiger partial charge in [-0.25, -0.2) is 4.98 Å².